The number of hydrogen-bond donors (Lipinski definition) is 1. The Morgan fingerprint density at radius 2 is 1.89 bits per heavy atom. The van der Waals surface area contributed by atoms with Gasteiger partial charge in [0.1, 0.15) is 0 Å². The molecule has 104 valence electrons. The standard InChI is InChI=1S/C16H25N3/c1-14(2)18-16(13-17)10-12-19(3)11-9-15-7-5-4-6-8-15/h4-8,14,16,18H,9-12H2,1-3H3. The lowest BCUT2D eigenvalue weighted by Crippen LogP contribution is -2.36. The second-order valence-electron chi connectivity index (χ2n) is 5.33. The molecular weight excluding hydrogens is 234 g/mol. The van der Waals surface area contributed by atoms with E-state index in [0.717, 1.165) is 25.9 Å². The van der Waals surface area contributed by atoms with Crippen molar-refractivity contribution < 1.29 is 0 Å². The Labute approximate surface area is 117 Å². The SMILES string of the molecule is CC(C)NC(C#N)CCN(C)CCc1ccccc1. The second-order valence-corrected chi connectivity index (χ2v) is 5.33. The van der Waals surface area contributed by atoms with E-state index in [2.05, 4.69) is 61.4 Å². The van der Waals surface area contributed by atoms with Gasteiger partial charge >= 0.3 is 0 Å². The van der Waals surface area contributed by atoms with Crippen LogP contribution in [0.3, 0.4) is 0 Å². The highest BCUT2D eigenvalue weighted by Crippen LogP contribution is 2.02. The van der Waals surface area contributed by atoms with Gasteiger partial charge in [-0.2, -0.15) is 5.26 Å². The Kier molecular flexibility index (Phi) is 7.17. The molecule has 0 bridgehead atoms. The predicted octanol–water partition coefficient (Wildman–Crippen LogP) is 2.44. The smallest absolute Gasteiger partial charge is 0.0967 e. The van der Waals surface area contributed by atoms with Gasteiger partial charge in [0.05, 0.1) is 12.1 Å². The van der Waals surface area contributed by atoms with Crippen molar-refractivity contribution in [2.75, 3.05) is 20.1 Å². The van der Waals surface area contributed by atoms with Crippen LogP contribution < -0.4 is 5.32 Å². The molecule has 1 aromatic carbocycles. The van der Waals surface area contributed by atoms with E-state index in [9.17, 15) is 0 Å². The lowest BCUT2D eigenvalue weighted by molar-refractivity contribution is 0.318. The molecule has 0 aromatic heterocycles. The Bertz CT molecular complexity index is 381. The summed E-state index contributed by atoms with van der Waals surface area (Å²) in [6.45, 7) is 6.13. The van der Waals surface area contributed by atoms with Crippen LogP contribution in [0.15, 0.2) is 30.3 Å². The molecule has 0 aliphatic carbocycles. The lowest BCUT2D eigenvalue weighted by atomic mass is 10.1. The first-order valence-electron chi connectivity index (χ1n) is 7.00. The van der Waals surface area contributed by atoms with Gasteiger partial charge in [0.25, 0.3) is 0 Å². The maximum atomic E-state index is 9.06. The summed E-state index contributed by atoms with van der Waals surface area (Å²) in [5.74, 6) is 0. The average Bonchev–Trinajstić information content (AvgIpc) is 2.42. The molecule has 1 aromatic rings. The normalized spacial score (nSPS) is 12.6. The predicted molar refractivity (Wildman–Crippen MR) is 79.9 cm³/mol. The summed E-state index contributed by atoms with van der Waals surface area (Å²) in [5.41, 5.74) is 1.37. The molecule has 0 aliphatic heterocycles. The second kappa shape index (κ2) is 8.68. The van der Waals surface area contributed by atoms with E-state index in [-0.39, 0.29) is 6.04 Å². The highest BCUT2D eigenvalue weighted by Gasteiger charge is 2.09. The van der Waals surface area contributed by atoms with Gasteiger partial charge in [0, 0.05) is 19.1 Å². The van der Waals surface area contributed by atoms with Crippen molar-refractivity contribution >= 4 is 0 Å². The molecule has 3 heteroatoms. The van der Waals surface area contributed by atoms with Crippen LogP contribution in [0.4, 0.5) is 0 Å². The van der Waals surface area contributed by atoms with Crippen LogP contribution >= 0.6 is 0 Å². The van der Waals surface area contributed by atoms with Gasteiger partial charge < -0.3 is 4.90 Å². The zero-order valence-electron chi connectivity index (χ0n) is 12.3. The number of rotatable bonds is 8. The van der Waals surface area contributed by atoms with Gasteiger partial charge in [-0.05, 0) is 39.3 Å². The summed E-state index contributed by atoms with van der Waals surface area (Å²) < 4.78 is 0. The van der Waals surface area contributed by atoms with E-state index in [1.807, 2.05) is 6.07 Å². The first-order valence-corrected chi connectivity index (χ1v) is 7.00. The van der Waals surface area contributed by atoms with E-state index in [1.54, 1.807) is 0 Å². The lowest BCUT2D eigenvalue weighted by Gasteiger charge is -2.20. The Hall–Kier alpha value is -1.37. The largest absolute Gasteiger partial charge is 0.306 e. The van der Waals surface area contributed by atoms with Crippen molar-refractivity contribution in [1.82, 2.24) is 10.2 Å². The van der Waals surface area contributed by atoms with Crippen LogP contribution in [0.25, 0.3) is 0 Å². The maximum Gasteiger partial charge on any atom is 0.0967 e. The van der Waals surface area contributed by atoms with Crippen LogP contribution in [0.1, 0.15) is 25.8 Å². The summed E-state index contributed by atoms with van der Waals surface area (Å²) in [6, 6.07) is 13.2. The topological polar surface area (TPSA) is 39.1 Å². The molecule has 1 atom stereocenters. The quantitative estimate of drug-likeness (QED) is 0.779. The van der Waals surface area contributed by atoms with E-state index < -0.39 is 0 Å². The van der Waals surface area contributed by atoms with Gasteiger partial charge in [0.2, 0.25) is 0 Å². The van der Waals surface area contributed by atoms with Crippen LogP contribution in [0.2, 0.25) is 0 Å². The van der Waals surface area contributed by atoms with E-state index in [0.29, 0.717) is 6.04 Å². The molecule has 0 saturated carbocycles. The fraction of sp³-hybridized carbons (Fsp3) is 0.562. The summed E-state index contributed by atoms with van der Waals surface area (Å²) in [6.07, 6.45) is 1.94. The fourth-order valence-electron chi connectivity index (χ4n) is 2.01. The first kappa shape index (κ1) is 15.7. The van der Waals surface area contributed by atoms with Crippen molar-refractivity contribution in [3.05, 3.63) is 35.9 Å². The highest BCUT2D eigenvalue weighted by atomic mass is 15.1. The minimum absolute atomic E-state index is 0.0424. The van der Waals surface area contributed by atoms with Crippen molar-refractivity contribution in [2.24, 2.45) is 0 Å². The van der Waals surface area contributed by atoms with E-state index in [4.69, 9.17) is 5.26 Å². The third kappa shape index (κ3) is 6.95. The molecule has 1 N–H and O–H groups in total. The van der Waals surface area contributed by atoms with Crippen LogP contribution in [0.5, 0.6) is 0 Å². The van der Waals surface area contributed by atoms with Crippen molar-refractivity contribution in [3.63, 3.8) is 0 Å². The number of hydrogen-bond acceptors (Lipinski definition) is 3. The summed E-state index contributed by atoms with van der Waals surface area (Å²) in [4.78, 5) is 2.29. The van der Waals surface area contributed by atoms with Gasteiger partial charge in [-0.25, -0.2) is 0 Å². The fourth-order valence-corrected chi connectivity index (χ4v) is 2.01. The molecule has 0 spiro atoms. The Balaban J connectivity index is 2.24. The van der Waals surface area contributed by atoms with Crippen molar-refractivity contribution in [2.45, 2.75) is 38.8 Å². The van der Waals surface area contributed by atoms with Gasteiger partial charge in [-0.3, -0.25) is 5.32 Å². The maximum absolute atomic E-state index is 9.06. The zero-order chi connectivity index (χ0) is 14.1. The van der Waals surface area contributed by atoms with E-state index in [1.165, 1.54) is 5.56 Å². The number of nitriles is 1. The van der Waals surface area contributed by atoms with Crippen LogP contribution in [0, 0.1) is 11.3 Å². The summed E-state index contributed by atoms with van der Waals surface area (Å²) in [5, 5.41) is 12.3. The number of benzene rings is 1. The molecule has 1 unspecified atom stereocenters. The summed E-state index contributed by atoms with van der Waals surface area (Å²) in [7, 11) is 2.12. The Morgan fingerprint density at radius 3 is 2.47 bits per heavy atom. The van der Waals surface area contributed by atoms with E-state index >= 15 is 0 Å². The number of nitrogens with zero attached hydrogens (tertiary/aromatic N) is 2. The molecule has 3 nitrogen and oxygen atoms in total. The molecule has 0 aliphatic rings. The highest BCUT2D eigenvalue weighted by molar-refractivity contribution is 5.14. The zero-order valence-corrected chi connectivity index (χ0v) is 12.3. The third-order valence-electron chi connectivity index (χ3n) is 3.11. The summed E-state index contributed by atoms with van der Waals surface area (Å²) >= 11 is 0. The molecule has 19 heavy (non-hydrogen) atoms. The molecule has 1 rings (SSSR count). The van der Waals surface area contributed by atoms with Crippen molar-refractivity contribution in [3.8, 4) is 6.07 Å². The third-order valence-corrected chi connectivity index (χ3v) is 3.11. The average molecular weight is 259 g/mol. The molecular formula is C16H25N3. The molecule has 0 radical (unpaired) electrons. The number of likely N-dealkylation sites (N-methyl/N-ethyl adjacent to an activating group) is 1. The Morgan fingerprint density at radius 1 is 1.21 bits per heavy atom. The minimum atomic E-state index is -0.0424. The molecule has 0 heterocycles. The number of nitrogens with one attached hydrogen (secondary N) is 1. The molecule has 0 amide bonds. The van der Waals surface area contributed by atoms with Crippen LogP contribution in [-0.4, -0.2) is 37.1 Å². The molecule has 0 fully saturated rings. The van der Waals surface area contributed by atoms with Gasteiger partial charge in [-0.1, -0.05) is 30.3 Å². The van der Waals surface area contributed by atoms with Gasteiger partial charge in [-0.15, -0.1) is 0 Å². The van der Waals surface area contributed by atoms with Gasteiger partial charge in [0.15, 0.2) is 0 Å². The van der Waals surface area contributed by atoms with Crippen molar-refractivity contribution in [1.29, 1.82) is 5.26 Å². The monoisotopic (exact) mass is 259 g/mol. The minimum Gasteiger partial charge on any atom is -0.306 e. The molecule has 0 saturated heterocycles. The first-order chi connectivity index (χ1) is 9.11. The van der Waals surface area contributed by atoms with Crippen LogP contribution in [-0.2, 0) is 6.42 Å².